The summed E-state index contributed by atoms with van der Waals surface area (Å²) in [5, 5.41) is 14.2. The molecule has 2 nitrogen and oxygen atoms in total. The number of thioether (sulfide) groups is 1. The van der Waals surface area contributed by atoms with Gasteiger partial charge in [0.15, 0.2) is 0 Å². The molecule has 1 fully saturated rings. The zero-order valence-electron chi connectivity index (χ0n) is 9.38. The minimum Gasteiger partial charge on any atom is -0.388 e. The second-order valence-electron chi connectivity index (χ2n) is 4.37. The van der Waals surface area contributed by atoms with Crippen molar-refractivity contribution in [2.45, 2.75) is 18.6 Å². The van der Waals surface area contributed by atoms with Crippen molar-refractivity contribution < 1.29 is 5.11 Å². The first-order valence-corrected chi connectivity index (χ1v) is 7.86. The molecule has 1 saturated heterocycles. The molecular weight excluding hydrogens is 322 g/mol. The van der Waals surface area contributed by atoms with Gasteiger partial charge in [-0.1, -0.05) is 33.6 Å². The molecule has 1 unspecified atom stereocenters. The van der Waals surface area contributed by atoms with Gasteiger partial charge in [-0.05, 0) is 29.9 Å². The Morgan fingerprint density at radius 3 is 3.00 bits per heavy atom. The van der Waals surface area contributed by atoms with Crippen molar-refractivity contribution in [1.29, 1.82) is 0 Å². The third kappa shape index (κ3) is 3.86. The van der Waals surface area contributed by atoms with E-state index in [1.54, 1.807) is 0 Å². The largest absolute Gasteiger partial charge is 0.388 e. The third-order valence-corrected chi connectivity index (χ3v) is 5.07. The Bertz CT molecular complexity index is 396. The van der Waals surface area contributed by atoms with Crippen LogP contribution in [0.2, 0.25) is 5.02 Å². The molecule has 1 aliphatic heterocycles. The number of benzene rings is 1. The molecule has 2 rings (SSSR count). The average Bonchev–Trinajstić information content (AvgIpc) is 2.69. The Hall–Kier alpha value is 0.260. The summed E-state index contributed by atoms with van der Waals surface area (Å²) in [6.07, 6.45) is 0.881. The number of hydrogen-bond acceptors (Lipinski definition) is 3. The summed E-state index contributed by atoms with van der Waals surface area (Å²) >= 11 is 11.2. The van der Waals surface area contributed by atoms with E-state index < -0.39 is 5.60 Å². The second kappa shape index (κ2) is 5.93. The molecular formula is C12H15BrClNOS. The van der Waals surface area contributed by atoms with Gasteiger partial charge in [-0.3, -0.25) is 0 Å². The first-order valence-electron chi connectivity index (χ1n) is 5.54. The van der Waals surface area contributed by atoms with E-state index in [1.807, 2.05) is 30.0 Å². The number of nitrogens with one attached hydrogen (secondary N) is 1. The van der Waals surface area contributed by atoms with Crippen LogP contribution in [0.3, 0.4) is 0 Å². The lowest BCUT2D eigenvalue weighted by atomic mass is 10.0. The highest BCUT2D eigenvalue weighted by Crippen LogP contribution is 2.27. The maximum absolute atomic E-state index is 10.2. The fraction of sp³-hybridized carbons (Fsp3) is 0.500. The Morgan fingerprint density at radius 2 is 2.35 bits per heavy atom. The van der Waals surface area contributed by atoms with Crippen molar-refractivity contribution in [3.63, 3.8) is 0 Å². The molecule has 0 saturated carbocycles. The molecule has 0 aromatic heterocycles. The minimum absolute atomic E-state index is 0.524. The molecule has 0 spiro atoms. The molecule has 0 radical (unpaired) electrons. The van der Waals surface area contributed by atoms with Gasteiger partial charge in [0, 0.05) is 28.3 Å². The molecule has 1 aromatic rings. The number of rotatable bonds is 4. The van der Waals surface area contributed by atoms with E-state index in [0.29, 0.717) is 6.54 Å². The molecule has 1 atom stereocenters. The maximum atomic E-state index is 10.2. The average molecular weight is 337 g/mol. The Kier molecular flexibility index (Phi) is 4.78. The monoisotopic (exact) mass is 335 g/mol. The lowest BCUT2D eigenvalue weighted by Gasteiger charge is -2.21. The first kappa shape index (κ1) is 13.7. The van der Waals surface area contributed by atoms with Crippen LogP contribution in [0.4, 0.5) is 0 Å². The molecule has 2 N–H and O–H groups in total. The van der Waals surface area contributed by atoms with Gasteiger partial charge in [0.2, 0.25) is 0 Å². The maximum Gasteiger partial charge on any atom is 0.0869 e. The lowest BCUT2D eigenvalue weighted by molar-refractivity contribution is 0.0674. The summed E-state index contributed by atoms with van der Waals surface area (Å²) in [5.74, 6) is 1.89. The second-order valence-corrected chi connectivity index (χ2v) is 6.76. The molecule has 1 aromatic carbocycles. The van der Waals surface area contributed by atoms with Crippen LogP contribution in [0.5, 0.6) is 0 Å². The molecule has 0 aliphatic carbocycles. The highest BCUT2D eigenvalue weighted by molar-refractivity contribution is 9.10. The highest BCUT2D eigenvalue weighted by atomic mass is 79.9. The van der Waals surface area contributed by atoms with Crippen molar-refractivity contribution >= 4 is 39.3 Å². The molecule has 17 heavy (non-hydrogen) atoms. The molecule has 0 amide bonds. The number of halogens is 2. The smallest absolute Gasteiger partial charge is 0.0869 e. The summed E-state index contributed by atoms with van der Waals surface area (Å²) in [5.41, 5.74) is 0.632. The molecule has 94 valence electrons. The zero-order valence-corrected chi connectivity index (χ0v) is 12.5. The van der Waals surface area contributed by atoms with Crippen LogP contribution < -0.4 is 5.32 Å². The van der Waals surface area contributed by atoms with Crippen molar-refractivity contribution in [3.8, 4) is 0 Å². The number of hydrogen-bond donors (Lipinski definition) is 2. The van der Waals surface area contributed by atoms with E-state index in [4.69, 9.17) is 11.6 Å². The predicted octanol–water partition coefficient (Wildman–Crippen LogP) is 3.06. The van der Waals surface area contributed by atoms with E-state index in [-0.39, 0.29) is 0 Å². The zero-order chi connectivity index (χ0) is 12.3. The van der Waals surface area contributed by atoms with Crippen molar-refractivity contribution in [2.24, 2.45) is 0 Å². The first-order chi connectivity index (χ1) is 8.09. The minimum atomic E-state index is -0.524. The van der Waals surface area contributed by atoms with Crippen molar-refractivity contribution in [2.75, 3.05) is 18.1 Å². The number of aliphatic hydroxyl groups is 1. The predicted molar refractivity (Wildman–Crippen MR) is 77.8 cm³/mol. The summed E-state index contributed by atoms with van der Waals surface area (Å²) in [7, 11) is 0. The Labute approximate surface area is 119 Å². The topological polar surface area (TPSA) is 32.3 Å². The van der Waals surface area contributed by atoms with E-state index in [9.17, 15) is 5.11 Å². The summed E-state index contributed by atoms with van der Waals surface area (Å²) in [4.78, 5) is 0. The van der Waals surface area contributed by atoms with Crippen LogP contribution in [-0.2, 0) is 6.54 Å². The van der Waals surface area contributed by atoms with E-state index in [2.05, 4.69) is 21.2 Å². The van der Waals surface area contributed by atoms with E-state index >= 15 is 0 Å². The SMILES string of the molecule is OC1(CNCc2ccc(Cl)cc2Br)CCSC1. The van der Waals surface area contributed by atoms with E-state index in [0.717, 1.165) is 39.5 Å². The van der Waals surface area contributed by atoms with Gasteiger partial charge in [0.05, 0.1) is 5.60 Å². The fourth-order valence-corrected chi connectivity index (χ4v) is 3.95. The molecule has 1 aliphatic rings. The highest BCUT2D eigenvalue weighted by Gasteiger charge is 2.30. The molecule has 0 bridgehead atoms. The summed E-state index contributed by atoms with van der Waals surface area (Å²) in [6.45, 7) is 1.39. The van der Waals surface area contributed by atoms with Gasteiger partial charge in [-0.2, -0.15) is 11.8 Å². The Morgan fingerprint density at radius 1 is 1.53 bits per heavy atom. The van der Waals surface area contributed by atoms with Gasteiger partial charge < -0.3 is 10.4 Å². The van der Waals surface area contributed by atoms with Gasteiger partial charge in [0.25, 0.3) is 0 Å². The van der Waals surface area contributed by atoms with Crippen LogP contribution in [0.25, 0.3) is 0 Å². The summed E-state index contributed by atoms with van der Waals surface area (Å²) < 4.78 is 1.00. The lowest BCUT2D eigenvalue weighted by Crippen LogP contribution is -2.40. The normalized spacial score (nSPS) is 24.2. The standard InChI is InChI=1S/C12H15BrClNOS/c13-11-5-10(14)2-1-9(11)6-15-7-12(16)3-4-17-8-12/h1-2,5,15-16H,3-4,6-8H2. The van der Waals surface area contributed by atoms with Gasteiger partial charge in [-0.25, -0.2) is 0 Å². The third-order valence-electron chi connectivity index (χ3n) is 2.87. The van der Waals surface area contributed by atoms with Crippen LogP contribution in [0, 0.1) is 0 Å². The van der Waals surface area contributed by atoms with Crippen LogP contribution in [0.15, 0.2) is 22.7 Å². The van der Waals surface area contributed by atoms with Crippen LogP contribution >= 0.6 is 39.3 Å². The van der Waals surface area contributed by atoms with Crippen molar-refractivity contribution in [1.82, 2.24) is 5.32 Å². The van der Waals surface area contributed by atoms with E-state index in [1.165, 1.54) is 0 Å². The van der Waals surface area contributed by atoms with Crippen LogP contribution in [0.1, 0.15) is 12.0 Å². The molecule has 1 heterocycles. The van der Waals surface area contributed by atoms with Gasteiger partial charge >= 0.3 is 0 Å². The van der Waals surface area contributed by atoms with Gasteiger partial charge in [0.1, 0.15) is 0 Å². The fourth-order valence-electron chi connectivity index (χ4n) is 1.83. The van der Waals surface area contributed by atoms with Crippen LogP contribution in [-0.4, -0.2) is 28.8 Å². The summed E-state index contributed by atoms with van der Waals surface area (Å²) in [6, 6.07) is 5.76. The Balaban J connectivity index is 1.85. The van der Waals surface area contributed by atoms with Gasteiger partial charge in [-0.15, -0.1) is 0 Å². The van der Waals surface area contributed by atoms with Crippen molar-refractivity contribution in [3.05, 3.63) is 33.3 Å². The quantitative estimate of drug-likeness (QED) is 0.886. The molecule has 5 heteroatoms.